The van der Waals surface area contributed by atoms with Crippen LogP contribution in [-0.2, 0) is 9.53 Å². The zero-order valence-corrected chi connectivity index (χ0v) is 13.2. The Morgan fingerprint density at radius 1 is 1.00 bits per heavy atom. The Morgan fingerprint density at radius 2 is 1.65 bits per heavy atom. The van der Waals surface area contributed by atoms with E-state index in [9.17, 15) is 9.59 Å². The molecule has 5 heteroatoms. The van der Waals surface area contributed by atoms with Crippen molar-refractivity contribution in [1.82, 2.24) is 0 Å². The van der Waals surface area contributed by atoms with Gasteiger partial charge < -0.3 is 14.4 Å². The number of carbonyl (C=O) groups is 2. The SMILES string of the molecule is CCOC(=O)c1ccc(OCC(=O)N(C)c2ccccc2)cc1. The van der Waals surface area contributed by atoms with Gasteiger partial charge in [0.1, 0.15) is 5.75 Å². The third kappa shape index (κ3) is 4.57. The van der Waals surface area contributed by atoms with Crippen molar-refractivity contribution in [2.75, 3.05) is 25.2 Å². The normalized spacial score (nSPS) is 10.0. The largest absolute Gasteiger partial charge is 0.484 e. The Kier molecular flexibility index (Phi) is 5.74. The van der Waals surface area contributed by atoms with Gasteiger partial charge in [0.05, 0.1) is 12.2 Å². The minimum Gasteiger partial charge on any atom is -0.484 e. The van der Waals surface area contributed by atoms with Crippen molar-refractivity contribution in [3.05, 3.63) is 60.2 Å². The van der Waals surface area contributed by atoms with Crippen LogP contribution in [0.4, 0.5) is 5.69 Å². The zero-order valence-electron chi connectivity index (χ0n) is 13.2. The number of esters is 1. The van der Waals surface area contributed by atoms with E-state index < -0.39 is 0 Å². The summed E-state index contributed by atoms with van der Waals surface area (Å²) in [6.07, 6.45) is 0. The quantitative estimate of drug-likeness (QED) is 0.770. The molecule has 0 spiro atoms. The van der Waals surface area contributed by atoms with Gasteiger partial charge in [-0.15, -0.1) is 0 Å². The van der Waals surface area contributed by atoms with Gasteiger partial charge in [0.2, 0.25) is 0 Å². The van der Waals surface area contributed by atoms with Crippen molar-refractivity contribution < 1.29 is 19.1 Å². The van der Waals surface area contributed by atoms with Crippen LogP contribution in [0, 0.1) is 0 Å². The number of para-hydroxylation sites is 1. The summed E-state index contributed by atoms with van der Waals surface area (Å²) in [4.78, 5) is 25.2. The monoisotopic (exact) mass is 313 g/mol. The summed E-state index contributed by atoms with van der Waals surface area (Å²) < 4.78 is 10.4. The Bertz CT molecular complexity index is 652. The van der Waals surface area contributed by atoms with E-state index in [1.54, 1.807) is 38.2 Å². The van der Waals surface area contributed by atoms with Gasteiger partial charge in [0.25, 0.3) is 5.91 Å². The fourth-order valence-corrected chi connectivity index (χ4v) is 1.94. The van der Waals surface area contributed by atoms with Crippen LogP contribution in [0.5, 0.6) is 5.75 Å². The molecule has 0 N–H and O–H groups in total. The number of benzene rings is 2. The van der Waals surface area contributed by atoms with E-state index in [0.29, 0.717) is 17.9 Å². The standard InChI is InChI=1S/C18H19NO4/c1-3-22-18(21)14-9-11-16(12-10-14)23-13-17(20)19(2)15-7-5-4-6-8-15/h4-12H,3,13H2,1-2H3. The van der Waals surface area contributed by atoms with Crippen LogP contribution in [-0.4, -0.2) is 32.1 Å². The molecule has 120 valence electrons. The molecule has 5 nitrogen and oxygen atoms in total. The fourth-order valence-electron chi connectivity index (χ4n) is 1.94. The summed E-state index contributed by atoms with van der Waals surface area (Å²) in [5.74, 6) is -0.0162. The van der Waals surface area contributed by atoms with Crippen LogP contribution in [0.1, 0.15) is 17.3 Å². The topological polar surface area (TPSA) is 55.8 Å². The molecule has 2 aromatic carbocycles. The number of nitrogens with zero attached hydrogens (tertiary/aromatic N) is 1. The van der Waals surface area contributed by atoms with Gasteiger partial charge in [-0.25, -0.2) is 4.79 Å². The van der Waals surface area contributed by atoms with Gasteiger partial charge in [0.15, 0.2) is 6.61 Å². The highest BCUT2D eigenvalue weighted by atomic mass is 16.5. The van der Waals surface area contributed by atoms with E-state index in [2.05, 4.69) is 0 Å². The van der Waals surface area contributed by atoms with Gasteiger partial charge >= 0.3 is 5.97 Å². The lowest BCUT2D eigenvalue weighted by atomic mass is 10.2. The van der Waals surface area contributed by atoms with Crippen LogP contribution in [0.25, 0.3) is 0 Å². The Balaban J connectivity index is 1.90. The van der Waals surface area contributed by atoms with E-state index in [-0.39, 0.29) is 18.5 Å². The highest BCUT2D eigenvalue weighted by Crippen LogP contribution is 2.15. The van der Waals surface area contributed by atoms with Gasteiger partial charge in [0, 0.05) is 12.7 Å². The summed E-state index contributed by atoms with van der Waals surface area (Å²) >= 11 is 0. The zero-order chi connectivity index (χ0) is 16.7. The van der Waals surface area contributed by atoms with Crippen LogP contribution in [0.3, 0.4) is 0 Å². The number of ether oxygens (including phenoxy) is 2. The maximum absolute atomic E-state index is 12.1. The lowest BCUT2D eigenvalue weighted by Gasteiger charge is -2.17. The molecule has 2 rings (SSSR count). The van der Waals surface area contributed by atoms with Crippen LogP contribution in [0.15, 0.2) is 54.6 Å². The maximum atomic E-state index is 12.1. The first-order chi connectivity index (χ1) is 11.1. The van der Waals surface area contributed by atoms with Gasteiger partial charge in [-0.05, 0) is 43.3 Å². The molecule has 0 aliphatic carbocycles. The van der Waals surface area contributed by atoms with Crippen LogP contribution >= 0.6 is 0 Å². The second-order valence-electron chi connectivity index (χ2n) is 4.82. The number of likely N-dealkylation sites (N-methyl/N-ethyl adjacent to an activating group) is 1. The first kappa shape index (κ1) is 16.5. The van der Waals surface area contributed by atoms with E-state index in [4.69, 9.17) is 9.47 Å². The van der Waals surface area contributed by atoms with Gasteiger partial charge in [-0.3, -0.25) is 4.79 Å². The average Bonchev–Trinajstić information content (AvgIpc) is 2.60. The predicted molar refractivity (Wildman–Crippen MR) is 87.7 cm³/mol. The second kappa shape index (κ2) is 7.98. The minimum absolute atomic E-state index is 0.0792. The summed E-state index contributed by atoms with van der Waals surface area (Å²) in [6, 6.07) is 15.8. The number of anilines is 1. The molecule has 0 aromatic heterocycles. The summed E-state index contributed by atoms with van der Waals surface area (Å²) in [5.41, 5.74) is 1.26. The molecule has 0 saturated carbocycles. The van der Waals surface area contributed by atoms with Crippen molar-refractivity contribution in [3.8, 4) is 5.75 Å². The van der Waals surface area contributed by atoms with Crippen LogP contribution < -0.4 is 9.64 Å². The minimum atomic E-state index is -0.376. The van der Waals surface area contributed by atoms with Crippen molar-refractivity contribution in [1.29, 1.82) is 0 Å². The molecule has 0 atom stereocenters. The van der Waals surface area contributed by atoms with Crippen molar-refractivity contribution in [3.63, 3.8) is 0 Å². The van der Waals surface area contributed by atoms with Gasteiger partial charge in [-0.2, -0.15) is 0 Å². The molecule has 23 heavy (non-hydrogen) atoms. The van der Waals surface area contributed by atoms with Crippen molar-refractivity contribution in [2.24, 2.45) is 0 Å². The summed E-state index contributed by atoms with van der Waals surface area (Å²) in [5, 5.41) is 0. The predicted octanol–water partition coefficient (Wildman–Crippen LogP) is 2.91. The van der Waals surface area contributed by atoms with E-state index >= 15 is 0 Å². The van der Waals surface area contributed by atoms with E-state index in [1.807, 2.05) is 30.3 Å². The lowest BCUT2D eigenvalue weighted by Crippen LogP contribution is -2.31. The van der Waals surface area contributed by atoms with Crippen molar-refractivity contribution >= 4 is 17.6 Å². The van der Waals surface area contributed by atoms with E-state index in [1.165, 1.54) is 4.90 Å². The Labute approximate surface area is 135 Å². The third-order valence-corrected chi connectivity index (χ3v) is 3.25. The first-order valence-electron chi connectivity index (χ1n) is 7.33. The number of carbonyl (C=O) groups excluding carboxylic acids is 2. The Hall–Kier alpha value is -2.82. The summed E-state index contributed by atoms with van der Waals surface area (Å²) in [7, 11) is 1.70. The maximum Gasteiger partial charge on any atom is 0.338 e. The molecule has 2 aromatic rings. The average molecular weight is 313 g/mol. The molecular formula is C18H19NO4. The van der Waals surface area contributed by atoms with E-state index in [0.717, 1.165) is 5.69 Å². The van der Waals surface area contributed by atoms with Crippen LogP contribution in [0.2, 0.25) is 0 Å². The number of hydrogen-bond acceptors (Lipinski definition) is 4. The molecule has 0 bridgehead atoms. The number of amides is 1. The molecule has 0 aliphatic rings. The van der Waals surface area contributed by atoms with Gasteiger partial charge in [-0.1, -0.05) is 18.2 Å². The fraction of sp³-hybridized carbons (Fsp3) is 0.222. The molecule has 0 unspecified atom stereocenters. The molecular weight excluding hydrogens is 294 g/mol. The number of hydrogen-bond donors (Lipinski definition) is 0. The lowest BCUT2D eigenvalue weighted by molar-refractivity contribution is -0.120. The molecule has 0 saturated heterocycles. The molecule has 0 fully saturated rings. The third-order valence-electron chi connectivity index (χ3n) is 3.25. The Morgan fingerprint density at radius 3 is 2.26 bits per heavy atom. The highest BCUT2D eigenvalue weighted by molar-refractivity contribution is 5.94. The smallest absolute Gasteiger partial charge is 0.338 e. The molecule has 0 radical (unpaired) electrons. The molecule has 0 aliphatic heterocycles. The highest BCUT2D eigenvalue weighted by Gasteiger charge is 2.12. The van der Waals surface area contributed by atoms with Crippen molar-refractivity contribution in [2.45, 2.75) is 6.92 Å². The molecule has 0 heterocycles. The number of rotatable bonds is 6. The second-order valence-corrected chi connectivity index (χ2v) is 4.82. The molecule has 1 amide bonds. The summed E-state index contributed by atoms with van der Waals surface area (Å²) in [6.45, 7) is 2.01. The first-order valence-corrected chi connectivity index (χ1v) is 7.33.